The van der Waals surface area contributed by atoms with Gasteiger partial charge in [0.2, 0.25) is 0 Å². The van der Waals surface area contributed by atoms with Gasteiger partial charge in [0.1, 0.15) is 0 Å². The van der Waals surface area contributed by atoms with Crippen molar-refractivity contribution in [2.75, 3.05) is 0 Å². The van der Waals surface area contributed by atoms with E-state index in [-0.39, 0.29) is 32.7 Å². The van der Waals surface area contributed by atoms with Crippen LogP contribution in [0.15, 0.2) is 67.3 Å². The van der Waals surface area contributed by atoms with Crippen LogP contribution in [-0.4, -0.2) is 0 Å². The average molecular weight is 309 g/mol. The average Bonchev–Trinajstić information content (AvgIpc) is 2.41. The molecule has 2 aromatic rings. The van der Waals surface area contributed by atoms with Crippen molar-refractivity contribution in [1.29, 1.82) is 0 Å². The molecule has 2 aromatic carbocycles. The monoisotopic (exact) mass is 309 g/mol. The first-order chi connectivity index (χ1) is 8.34. The Bertz CT molecular complexity index is 431. The van der Waals surface area contributed by atoms with E-state index in [0.29, 0.717) is 0 Å². The molecule has 0 aromatic heterocycles. The van der Waals surface area contributed by atoms with Crippen LogP contribution in [0, 0.1) is 19.1 Å². The van der Waals surface area contributed by atoms with Crippen LogP contribution in [0.2, 0.25) is 0 Å². The largest absolute Gasteiger partial charge is 0.258 e. The van der Waals surface area contributed by atoms with Crippen LogP contribution in [0.3, 0.4) is 0 Å². The van der Waals surface area contributed by atoms with E-state index in [9.17, 15) is 0 Å². The van der Waals surface area contributed by atoms with Gasteiger partial charge in [-0.25, -0.2) is 12.2 Å². The van der Waals surface area contributed by atoms with E-state index in [0.717, 1.165) is 0 Å². The number of hydrogen-bond acceptors (Lipinski definition) is 0. The number of aryl methyl sites for hydroxylation is 1. The van der Waals surface area contributed by atoms with Gasteiger partial charge in [-0.05, 0) is 6.92 Å². The molecule has 0 aliphatic carbocycles. The normalized spacial score (nSPS) is 8.94. The second kappa shape index (κ2) is 11.1. The van der Waals surface area contributed by atoms with Crippen molar-refractivity contribution < 1.29 is 32.7 Å². The second-order valence-corrected chi connectivity index (χ2v) is 3.47. The number of hydrogen-bond donors (Lipinski definition) is 0. The fraction of sp³-hybridized carbons (Fsp3) is 0.0588. The van der Waals surface area contributed by atoms with Crippen LogP contribution in [0.5, 0.6) is 0 Å². The summed E-state index contributed by atoms with van der Waals surface area (Å²) in [6.45, 7) is 5.58. The molecule has 0 saturated carbocycles. The van der Waals surface area contributed by atoms with Gasteiger partial charge in [0.15, 0.2) is 0 Å². The standard InChI is InChI=1S/C11H11.C6H5.Y/c1-3-4-8-11-9-6-5-7-10(11)2;1-2-4-6-5-3-1;/h4-9H,1H2,2H3;1-5H;/q2*-1;/b8-4-;;. The van der Waals surface area contributed by atoms with Gasteiger partial charge >= 0.3 is 0 Å². The first-order valence-electron chi connectivity index (χ1n) is 5.50. The Morgan fingerprint density at radius 2 is 1.72 bits per heavy atom. The molecule has 0 aliphatic heterocycles. The molecular weight excluding hydrogens is 293 g/mol. The Kier molecular flexibility index (Phi) is 10.5. The minimum absolute atomic E-state index is 0. The summed E-state index contributed by atoms with van der Waals surface area (Å²) >= 11 is 0. The summed E-state index contributed by atoms with van der Waals surface area (Å²) in [6, 6.07) is 20.7. The molecule has 0 atom stereocenters. The van der Waals surface area contributed by atoms with E-state index in [4.69, 9.17) is 0 Å². The number of allylic oxidation sites excluding steroid dienone is 2. The first kappa shape index (κ1) is 17.0. The third-order valence-corrected chi connectivity index (χ3v) is 2.18. The molecule has 1 radical (unpaired) electrons. The molecular formula is C17H16Y-2. The number of rotatable bonds is 2. The van der Waals surface area contributed by atoms with Crippen molar-refractivity contribution in [3.63, 3.8) is 0 Å². The molecule has 0 spiro atoms. The van der Waals surface area contributed by atoms with Crippen molar-refractivity contribution in [3.05, 3.63) is 90.5 Å². The van der Waals surface area contributed by atoms with Gasteiger partial charge in [-0.3, -0.25) is 6.08 Å². The van der Waals surface area contributed by atoms with Crippen LogP contribution in [0.4, 0.5) is 0 Å². The molecule has 0 heterocycles. The Labute approximate surface area is 135 Å². The van der Waals surface area contributed by atoms with Crippen molar-refractivity contribution in [2.45, 2.75) is 6.92 Å². The third-order valence-electron chi connectivity index (χ3n) is 2.18. The van der Waals surface area contributed by atoms with Gasteiger partial charge in [0.25, 0.3) is 0 Å². The molecule has 0 fully saturated rings. The summed E-state index contributed by atoms with van der Waals surface area (Å²) < 4.78 is 0. The van der Waals surface area contributed by atoms with Crippen LogP contribution >= 0.6 is 0 Å². The molecule has 89 valence electrons. The molecule has 0 aliphatic rings. The third kappa shape index (κ3) is 7.37. The maximum absolute atomic E-state index is 3.49. The zero-order chi connectivity index (χ0) is 12.3. The molecule has 0 amide bonds. The molecule has 0 saturated heterocycles. The van der Waals surface area contributed by atoms with Crippen molar-refractivity contribution >= 4 is 6.08 Å². The molecule has 18 heavy (non-hydrogen) atoms. The Balaban J connectivity index is 0.000000352. The molecule has 2 rings (SSSR count). The summed E-state index contributed by atoms with van der Waals surface area (Å²) in [6.07, 6.45) is 6.54. The van der Waals surface area contributed by atoms with E-state index in [2.05, 4.69) is 37.8 Å². The molecule has 0 nitrogen and oxygen atoms in total. The van der Waals surface area contributed by atoms with Gasteiger partial charge in [-0.15, -0.1) is 5.56 Å². The summed E-state index contributed by atoms with van der Waals surface area (Å²) in [5, 5.41) is 0. The van der Waals surface area contributed by atoms with Gasteiger partial charge in [-0.2, -0.15) is 43.0 Å². The summed E-state index contributed by atoms with van der Waals surface area (Å²) in [7, 11) is 0. The van der Waals surface area contributed by atoms with Crippen LogP contribution in [0.25, 0.3) is 6.08 Å². The Morgan fingerprint density at radius 1 is 1.06 bits per heavy atom. The van der Waals surface area contributed by atoms with E-state index in [1.807, 2.05) is 54.6 Å². The van der Waals surface area contributed by atoms with Crippen molar-refractivity contribution in [1.82, 2.24) is 0 Å². The van der Waals surface area contributed by atoms with Crippen LogP contribution < -0.4 is 0 Å². The SMILES string of the molecule is C=[C-]/C=C\c1ccccc1C.[Y].[c-]1ccccc1. The Morgan fingerprint density at radius 3 is 2.17 bits per heavy atom. The second-order valence-electron chi connectivity index (χ2n) is 3.47. The maximum atomic E-state index is 3.49. The molecule has 0 N–H and O–H groups in total. The van der Waals surface area contributed by atoms with E-state index >= 15 is 0 Å². The topological polar surface area (TPSA) is 0 Å². The number of benzene rings is 2. The van der Waals surface area contributed by atoms with Gasteiger partial charge < -0.3 is 0 Å². The van der Waals surface area contributed by atoms with Crippen LogP contribution in [0.1, 0.15) is 11.1 Å². The summed E-state index contributed by atoms with van der Waals surface area (Å²) in [4.78, 5) is 0. The summed E-state index contributed by atoms with van der Waals surface area (Å²) in [5.74, 6) is 0. The van der Waals surface area contributed by atoms with Crippen LogP contribution in [-0.2, 0) is 32.7 Å². The van der Waals surface area contributed by atoms with Crippen molar-refractivity contribution in [2.24, 2.45) is 0 Å². The fourth-order valence-electron chi connectivity index (χ4n) is 1.26. The zero-order valence-electron chi connectivity index (χ0n) is 10.6. The maximum Gasteiger partial charge on any atom is 0 e. The van der Waals surface area contributed by atoms with Gasteiger partial charge in [-0.1, -0.05) is 29.8 Å². The quantitative estimate of drug-likeness (QED) is 0.567. The summed E-state index contributed by atoms with van der Waals surface area (Å²) in [5.41, 5.74) is 2.50. The minimum Gasteiger partial charge on any atom is -0.258 e. The predicted molar refractivity (Wildman–Crippen MR) is 74.4 cm³/mol. The van der Waals surface area contributed by atoms with Gasteiger partial charge in [0, 0.05) is 32.7 Å². The van der Waals surface area contributed by atoms with Gasteiger partial charge in [0.05, 0.1) is 0 Å². The Hall–Kier alpha value is -0.976. The first-order valence-corrected chi connectivity index (χ1v) is 5.50. The van der Waals surface area contributed by atoms with E-state index in [1.165, 1.54) is 11.1 Å². The minimum atomic E-state index is 0. The van der Waals surface area contributed by atoms with E-state index in [1.54, 1.807) is 0 Å². The molecule has 0 unspecified atom stereocenters. The fourth-order valence-corrected chi connectivity index (χ4v) is 1.26. The van der Waals surface area contributed by atoms with E-state index < -0.39 is 0 Å². The zero-order valence-corrected chi connectivity index (χ0v) is 13.5. The van der Waals surface area contributed by atoms with Crippen molar-refractivity contribution in [3.8, 4) is 0 Å². The predicted octanol–water partition coefficient (Wildman–Crippen LogP) is 4.48. The molecule has 1 heteroatoms. The smallest absolute Gasteiger partial charge is 0 e. The molecule has 0 bridgehead atoms.